The summed E-state index contributed by atoms with van der Waals surface area (Å²) in [6, 6.07) is 2.72. The highest BCUT2D eigenvalue weighted by Gasteiger charge is 2.39. The summed E-state index contributed by atoms with van der Waals surface area (Å²) < 4.78 is 66.4. The summed E-state index contributed by atoms with van der Waals surface area (Å²) in [5, 5.41) is 20.9. The second-order valence-corrected chi connectivity index (χ2v) is 10.5. The molecule has 3 aromatic heterocycles. The Bertz CT molecular complexity index is 1300. The van der Waals surface area contributed by atoms with Gasteiger partial charge in [-0.05, 0) is 42.4 Å². The third-order valence-electron chi connectivity index (χ3n) is 6.99. The summed E-state index contributed by atoms with van der Waals surface area (Å²) >= 11 is 0. The first-order valence-corrected chi connectivity index (χ1v) is 13.1. The molecule has 9 nitrogen and oxygen atoms in total. The molecule has 0 bridgehead atoms. The fourth-order valence-electron chi connectivity index (χ4n) is 4.69. The number of hydrogen-bond acceptors (Lipinski definition) is 7. The Hall–Kier alpha value is -3.26. The number of aliphatic hydroxyl groups is 1. The number of rotatable bonds is 10. The van der Waals surface area contributed by atoms with E-state index in [4.69, 9.17) is 0 Å². The van der Waals surface area contributed by atoms with Gasteiger partial charge in [-0.1, -0.05) is 13.8 Å². The van der Waals surface area contributed by atoms with Crippen LogP contribution in [0.25, 0.3) is 5.65 Å². The number of carbonyl (C=O) groups excluding carboxylic acids is 1. The van der Waals surface area contributed by atoms with Crippen LogP contribution in [0.3, 0.4) is 0 Å². The standard InChI is InChI=1S/C26H32F5N7O2/c1-15(2)18-10-19(34-14-33-18)24(40)37-23(17-3-6-25(27,28)7-4-17)20-13-38-21(36-20)9-16(12-35-38)11-32-22(39)5-8-26(29,30)31/h9-10,12-15,17,23-24,37,40H,3-8,11H2,1-2H3,(H,32,39)/t23-,24?/m0/s1. The third-order valence-corrected chi connectivity index (χ3v) is 6.99. The van der Waals surface area contributed by atoms with Gasteiger partial charge in [0.1, 0.15) is 12.6 Å². The number of aliphatic hydroxyl groups excluding tert-OH is 1. The van der Waals surface area contributed by atoms with Crippen LogP contribution in [-0.4, -0.2) is 47.7 Å². The predicted molar refractivity (Wildman–Crippen MR) is 134 cm³/mol. The highest BCUT2D eigenvalue weighted by molar-refractivity contribution is 5.75. The van der Waals surface area contributed by atoms with E-state index in [1.807, 2.05) is 13.8 Å². The third kappa shape index (κ3) is 7.90. The van der Waals surface area contributed by atoms with Crippen LogP contribution in [0, 0.1) is 5.92 Å². The molecule has 1 saturated carbocycles. The maximum absolute atomic E-state index is 13.9. The van der Waals surface area contributed by atoms with Crippen LogP contribution in [0.1, 0.15) is 93.2 Å². The SMILES string of the molecule is CC(C)c1cc(C(O)N[C@H](c2cn3ncc(CNC(=O)CCC(F)(F)F)cc3n2)C2CCC(F)(F)CC2)ncn1. The van der Waals surface area contributed by atoms with Crippen molar-refractivity contribution >= 4 is 11.6 Å². The maximum Gasteiger partial charge on any atom is 0.389 e. The summed E-state index contributed by atoms with van der Waals surface area (Å²) in [6.07, 6.45) is -3.18. The first-order chi connectivity index (χ1) is 18.8. The monoisotopic (exact) mass is 569 g/mol. The molecular formula is C26H32F5N7O2. The van der Waals surface area contributed by atoms with E-state index in [-0.39, 0.29) is 44.1 Å². The lowest BCUT2D eigenvalue weighted by molar-refractivity contribution is -0.144. The molecule has 0 spiro atoms. The number of aromatic nitrogens is 5. The van der Waals surface area contributed by atoms with Crippen LogP contribution >= 0.6 is 0 Å². The molecule has 2 atom stereocenters. The van der Waals surface area contributed by atoms with E-state index < -0.39 is 43.1 Å². The molecule has 1 aliphatic rings. The number of nitrogens with one attached hydrogen (secondary N) is 2. The molecule has 14 heteroatoms. The number of imidazole rings is 1. The van der Waals surface area contributed by atoms with Gasteiger partial charge in [0.25, 0.3) is 0 Å². The molecule has 0 radical (unpaired) electrons. The van der Waals surface area contributed by atoms with Crippen molar-refractivity contribution in [3.63, 3.8) is 0 Å². The molecule has 3 aromatic rings. The quantitative estimate of drug-likeness (QED) is 0.238. The van der Waals surface area contributed by atoms with Crippen LogP contribution in [0.4, 0.5) is 22.0 Å². The Morgan fingerprint density at radius 1 is 1.15 bits per heavy atom. The largest absolute Gasteiger partial charge is 0.389 e. The van der Waals surface area contributed by atoms with Gasteiger partial charge in [-0.3, -0.25) is 10.1 Å². The fourth-order valence-corrected chi connectivity index (χ4v) is 4.69. The van der Waals surface area contributed by atoms with Gasteiger partial charge in [0.05, 0.1) is 36.2 Å². The molecule has 0 saturated heterocycles. The van der Waals surface area contributed by atoms with Crippen LogP contribution in [-0.2, 0) is 11.3 Å². The normalized spacial score (nSPS) is 17.7. The lowest BCUT2D eigenvalue weighted by Crippen LogP contribution is -2.36. The fraction of sp³-hybridized carbons (Fsp3) is 0.577. The van der Waals surface area contributed by atoms with Crippen LogP contribution in [0.15, 0.2) is 30.9 Å². The van der Waals surface area contributed by atoms with Crippen LogP contribution in [0.5, 0.6) is 0 Å². The van der Waals surface area contributed by atoms with Crippen molar-refractivity contribution in [3.8, 4) is 0 Å². The topological polar surface area (TPSA) is 117 Å². The Balaban J connectivity index is 1.53. The van der Waals surface area contributed by atoms with Crippen molar-refractivity contribution < 1.29 is 31.9 Å². The molecule has 1 amide bonds. The predicted octanol–water partition coefficient (Wildman–Crippen LogP) is 4.75. The van der Waals surface area contributed by atoms with Crippen molar-refractivity contribution in [2.45, 2.75) is 89.2 Å². The minimum absolute atomic E-state index is 0.0353. The summed E-state index contributed by atoms with van der Waals surface area (Å²) in [6.45, 7) is 3.89. The average molecular weight is 570 g/mol. The molecule has 4 rings (SSSR count). The van der Waals surface area contributed by atoms with Gasteiger partial charge in [0.2, 0.25) is 11.8 Å². The van der Waals surface area contributed by atoms with Gasteiger partial charge in [-0.25, -0.2) is 28.2 Å². The molecule has 1 fully saturated rings. The van der Waals surface area contributed by atoms with E-state index in [0.29, 0.717) is 22.6 Å². The number of halogens is 5. The first kappa shape index (κ1) is 29.7. The zero-order chi connectivity index (χ0) is 29.1. The minimum Gasteiger partial charge on any atom is -0.373 e. The summed E-state index contributed by atoms with van der Waals surface area (Å²) in [4.78, 5) is 24.8. The Kier molecular flexibility index (Phi) is 8.98. The Morgan fingerprint density at radius 3 is 2.52 bits per heavy atom. The number of nitrogens with zero attached hydrogens (tertiary/aromatic N) is 5. The number of carbonyl (C=O) groups is 1. The van der Waals surface area contributed by atoms with Crippen molar-refractivity contribution in [2.75, 3.05) is 0 Å². The number of alkyl halides is 5. The number of fused-ring (bicyclic) bond motifs is 1. The summed E-state index contributed by atoms with van der Waals surface area (Å²) in [5.41, 5.74) is 2.48. The Labute approximate surface area is 227 Å². The lowest BCUT2D eigenvalue weighted by atomic mass is 9.81. The molecule has 3 N–H and O–H groups in total. The molecule has 1 aliphatic carbocycles. The molecule has 0 aromatic carbocycles. The van der Waals surface area contributed by atoms with Gasteiger partial charge in [-0.15, -0.1) is 0 Å². The van der Waals surface area contributed by atoms with E-state index in [1.165, 1.54) is 17.0 Å². The summed E-state index contributed by atoms with van der Waals surface area (Å²) in [5.74, 6) is -3.62. The second-order valence-electron chi connectivity index (χ2n) is 10.5. The zero-order valence-corrected chi connectivity index (χ0v) is 22.1. The van der Waals surface area contributed by atoms with E-state index in [0.717, 1.165) is 5.69 Å². The lowest BCUT2D eigenvalue weighted by Gasteiger charge is -2.34. The molecule has 0 aliphatic heterocycles. The van der Waals surface area contributed by atoms with Gasteiger partial charge < -0.3 is 10.4 Å². The number of hydrogen-bond donors (Lipinski definition) is 3. The van der Waals surface area contributed by atoms with Crippen LogP contribution in [0.2, 0.25) is 0 Å². The molecule has 218 valence electrons. The van der Waals surface area contributed by atoms with Gasteiger partial charge in [0.15, 0.2) is 5.65 Å². The van der Waals surface area contributed by atoms with E-state index in [2.05, 4.69) is 30.7 Å². The average Bonchev–Trinajstić information content (AvgIpc) is 3.32. The van der Waals surface area contributed by atoms with Crippen LogP contribution < -0.4 is 10.6 Å². The van der Waals surface area contributed by atoms with E-state index >= 15 is 0 Å². The van der Waals surface area contributed by atoms with Crippen molar-refractivity contribution in [2.24, 2.45) is 5.92 Å². The van der Waals surface area contributed by atoms with Crippen molar-refractivity contribution in [1.29, 1.82) is 0 Å². The number of amides is 1. The van der Waals surface area contributed by atoms with Gasteiger partial charge >= 0.3 is 6.18 Å². The summed E-state index contributed by atoms with van der Waals surface area (Å²) in [7, 11) is 0. The smallest absolute Gasteiger partial charge is 0.373 e. The van der Waals surface area contributed by atoms with Gasteiger partial charge in [-0.2, -0.15) is 18.3 Å². The second kappa shape index (κ2) is 12.1. The molecule has 1 unspecified atom stereocenters. The van der Waals surface area contributed by atoms with Gasteiger partial charge in [0, 0.05) is 31.5 Å². The molecular weight excluding hydrogens is 537 g/mol. The van der Waals surface area contributed by atoms with E-state index in [1.54, 1.807) is 18.3 Å². The highest BCUT2D eigenvalue weighted by atomic mass is 19.4. The first-order valence-electron chi connectivity index (χ1n) is 13.1. The van der Waals surface area contributed by atoms with E-state index in [9.17, 15) is 31.9 Å². The highest BCUT2D eigenvalue weighted by Crippen LogP contribution is 2.42. The molecule has 3 heterocycles. The minimum atomic E-state index is -4.42. The van der Waals surface area contributed by atoms with Crippen molar-refractivity contribution in [1.82, 2.24) is 35.2 Å². The zero-order valence-electron chi connectivity index (χ0n) is 22.1. The molecule has 40 heavy (non-hydrogen) atoms. The van der Waals surface area contributed by atoms with Crippen molar-refractivity contribution in [3.05, 3.63) is 53.5 Å². The Morgan fingerprint density at radius 2 is 1.85 bits per heavy atom. The maximum atomic E-state index is 13.9.